The molecule has 0 bridgehead atoms. The summed E-state index contributed by atoms with van der Waals surface area (Å²) in [5.74, 6) is -1.36. The first kappa shape index (κ1) is 23.1. The van der Waals surface area contributed by atoms with Gasteiger partial charge in [-0.2, -0.15) is 4.80 Å². The number of para-hydroxylation sites is 1. The second kappa shape index (κ2) is 8.86. The largest absolute Gasteiger partial charge is 0.465 e. The minimum atomic E-state index is -3.73. The maximum Gasteiger partial charge on any atom is 0.338 e. The number of amides is 1. The Labute approximate surface area is 205 Å². The summed E-state index contributed by atoms with van der Waals surface area (Å²) in [5, 5.41) is 9.63. The quantitative estimate of drug-likeness (QED) is 0.363. The molecule has 36 heavy (non-hydrogen) atoms. The lowest BCUT2D eigenvalue weighted by Gasteiger charge is -2.10. The highest BCUT2D eigenvalue weighted by Gasteiger charge is 2.20. The van der Waals surface area contributed by atoms with Gasteiger partial charge in [0.2, 0.25) is 10.0 Å². The molecule has 1 amide bonds. The topological polar surface area (TPSA) is 133 Å². The smallest absolute Gasteiger partial charge is 0.338 e. The van der Waals surface area contributed by atoms with Gasteiger partial charge in [-0.05, 0) is 42.5 Å². The Morgan fingerprint density at radius 2 is 1.67 bits per heavy atom. The summed E-state index contributed by atoms with van der Waals surface area (Å²) >= 11 is 0. The van der Waals surface area contributed by atoms with Gasteiger partial charge in [-0.15, -0.1) is 10.2 Å². The van der Waals surface area contributed by atoms with E-state index in [4.69, 9.17) is 9.72 Å². The van der Waals surface area contributed by atoms with Crippen molar-refractivity contribution in [1.82, 2.24) is 24.7 Å². The molecule has 0 saturated heterocycles. The molecular formula is C25H19N5O5S. The molecule has 3 aromatic carbocycles. The molecule has 0 aliphatic heterocycles. The number of methoxy groups -OCH3 is 1. The minimum Gasteiger partial charge on any atom is -0.465 e. The van der Waals surface area contributed by atoms with Crippen molar-refractivity contribution in [3.63, 3.8) is 0 Å². The van der Waals surface area contributed by atoms with Crippen LogP contribution >= 0.6 is 0 Å². The molecule has 2 heterocycles. The highest BCUT2D eigenvalue weighted by atomic mass is 32.2. The van der Waals surface area contributed by atoms with Crippen LogP contribution < -0.4 is 4.72 Å². The maximum absolute atomic E-state index is 12.8. The number of nitrogens with zero attached hydrogens (tertiary/aromatic N) is 4. The lowest BCUT2D eigenvalue weighted by Crippen LogP contribution is -2.29. The SMILES string of the molecule is COC(=O)c1cc(-c2cccc(C(=O)NS(C)(=O)=O)c2)nc2ccc3nn(-c4ccccc4)nc3c12. The number of rotatable bonds is 5. The van der Waals surface area contributed by atoms with Crippen molar-refractivity contribution in [1.29, 1.82) is 0 Å². The number of ether oxygens (including phenoxy) is 1. The van der Waals surface area contributed by atoms with Crippen LogP contribution in [0.1, 0.15) is 20.7 Å². The normalized spacial score (nSPS) is 11.5. The number of sulfonamides is 1. The van der Waals surface area contributed by atoms with E-state index in [1.807, 2.05) is 35.1 Å². The molecule has 5 aromatic rings. The molecule has 0 fully saturated rings. The van der Waals surface area contributed by atoms with Crippen LogP contribution in [0.25, 0.3) is 38.9 Å². The summed E-state index contributed by atoms with van der Waals surface area (Å²) in [7, 11) is -2.45. The Kier molecular flexibility index (Phi) is 5.69. The van der Waals surface area contributed by atoms with Gasteiger partial charge in [0.05, 0.1) is 35.8 Å². The molecule has 180 valence electrons. The van der Waals surface area contributed by atoms with Crippen LogP contribution in [-0.2, 0) is 14.8 Å². The van der Waals surface area contributed by atoms with Crippen molar-refractivity contribution in [2.24, 2.45) is 0 Å². The molecule has 1 N–H and O–H groups in total. The number of carbonyl (C=O) groups is 2. The second-order valence-corrected chi connectivity index (χ2v) is 9.73. The summed E-state index contributed by atoms with van der Waals surface area (Å²) < 4.78 is 29.9. The lowest BCUT2D eigenvalue weighted by molar-refractivity contribution is 0.0603. The number of benzene rings is 3. The average Bonchev–Trinajstić information content (AvgIpc) is 3.32. The van der Waals surface area contributed by atoms with Crippen molar-refractivity contribution in [2.45, 2.75) is 0 Å². The van der Waals surface area contributed by atoms with Crippen molar-refractivity contribution < 1.29 is 22.7 Å². The Bertz CT molecular complexity index is 1760. The molecule has 5 rings (SSSR count). The summed E-state index contributed by atoms with van der Waals surface area (Å²) in [6.07, 6.45) is 0.900. The molecule has 2 aromatic heterocycles. The fourth-order valence-electron chi connectivity index (χ4n) is 3.84. The molecule has 0 spiro atoms. The predicted molar refractivity (Wildman–Crippen MR) is 133 cm³/mol. The number of pyridine rings is 1. The highest BCUT2D eigenvalue weighted by molar-refractivity contribution is 7.89. The Hall–Kier alpha value is -4.64. The number of hydrogen-bond acceptors (Lipinski definition) is 8. The van der Waals surface area contributed by atoms with Crippen LogP contribution in [0.15, 0.2) is 72.8 Å². The number of carbonyl (C=O) groups excluding carboxylic acids is 2. The van der Waals surface area contributed by atoms with Crippen molar-refractivity contribution in [3.8, 4) is 16.9 Å². The molecule has 0 unspecified atom stereocenters. The zero-order valence-corrected chi connectivity index (χ0v) is 20.0. The fraction of sp³-hybridized carbons (Fsp3) is 0.0800. The van der Waals surface area contributed by atoms with Gasteiger partial charge in [-0.3, -0.25) is 4.79 Å². The molecule has 0 saturated carbocycles. The number of esters is 1. The standard InChI is InChI=1S/C25H19N5O5S/c1-35-25(32)18-14-21(15-7-6-8-16(13-15)24(31)29-36(2,33)34)26-19-11-12-20-23(22(18)19)28-30(27-20)17-9-4-3-5-10-17/h3-14H,1-2H3,(H,29,31). The van der Waals surface area contributed by atoms with E-state index in [9.17, 15) is 18.0 Å². The first-order chi connectivity index (χ1) is 17.2. The maximum atomic E-state index is 12.8. The monoisotopic (exact) mass is 501 g/mol. The van der Waals surface area contributed by atoms with Gasteiger partial charge in [0, 0.05) is 16.5 Å². The Morgan fingerprint density at radius 1 is 0.917 bits per heavy atom. The first-order valence-corrected chi connectivity index (χ1v) is 12.6. The van der Waals surface area contributed by atoms with Gasteiger partial charge >= 0.3 is 5.97 Å². The van der Waals surface area contributed by atoms with Gasteiger partial charge < -0.3 is 4.74 Å². The third kappa shape index (κ3) is 4.39. The van der Waals surface area contributed by atoms with Crippen LogP contribution in [0.5, 0.6) is 0 Å². The van der Waals surface area contributed by atoms with Crippen LogP contribution in [0, 0.1) is 0 Å². The number of hydrogen-bond donors (Lipinski definition) is 1. The molecule has 10 nitrogen and oxygen atoms in total. The molecule has 0 aliphatic carbocycles. The Balaban J connectivity index is 1.68. The zero-order chi connectivity index (χ0) is 25.4. The van der Waals surface area contributed by atoms with Gasteiger partial charge in [0.25, 0.3) is 5.91 Å². The first-order valence-electron chi connectivity index (χ1n) is 10.7. The predicted octanol–water partition coefficient (Wildman–Crippen LogP) is 3.11. The van der Waals surface area contributed by atoms with Gasteiger partial charge in [0.15, 0.2) is 0 Å². The van der Waals surface area contributed by atoms with Crippen molar-refractivity contribution in [3.05, 3.63) is 83.9 Å². The van der Waals surface area contributed by atoms with E-state index < -0.39 is 21.9 Å². The van der Waals surface area contributed by atoms with Crippen LogP contribution in [-0.4, -0.2) is 53.6 Å². The summed E-state index contributed by atoms with van der Waals surface area (Å²) in [4.78, 5) is 31.4. The summed E-state index contributed by atoms with van der Waals surface area (Å²) in [6, 6.07) is 20.7. The number of nitrogens with one attached hydrogen (secondary N) is 1. The Morgan fingerprint density at radius 3 is 2.39 bits per heavy atom. The summed E-state index contributed by atoms with van der Waals surface area (Å²) in [5.41, 5.74) is 3.56. The van der Waals surface area contributed by atoms with Crippen LogP contribution in [0.3, 0.4) is 0 Å². The van der Waals surface area contributed by atoms with Crippen LogP contribution in [0.4, 0.5) is 0 Å². The highest BCUT2D eigenvalue weighted by Crippen LogP contribution is 2.30. The number of aromatic nitrogens is 4. The van der Waals surface area contributed by atoms with E-state index in [1.165, 1.54) is 24.0 Å². The zero-order valence-electron chi connectivity index (χ0n) is 19.2. The van der Waals surface area contributed by atoms with E-state index >= 15 is 0 Å². The lowest BCUT2D eigenvalue weighted by atomic mass is 10.0. The van der Waals surface area contributed by atoms with E-state index in [2.05, 4.69) is 10.2 Å². The molecule has 0 atom stereocenters. The third-order valence-corrected chi connectivity index (χ3v) is 5.97. The van der Waals surface area contributed by atoms with Crippen LogP contribution in [0.2, 0.25) is 0 Å². The molecule has 11 heteroatoms. The second-order valence-electron chi connectivity index (χ2n) is 7.98. The molecule has 0 aliphatic rings. The summed E-state index contributed by atoms with van der Waals surface area (Å²) in [6.45, 7) is 0. The average molecular weight is 502 g/mol. The van der Waals surface area contributed by atoms with Gasteiger partial charge in [0.1, 0.15) is 11.0 Å². The van der Waals surface area contributed by atoms with E-state index in [1.54, 1.807) is 30.3 Å². The minimum absolute atomic E-state index is 0.126. The van der Waals surface area contributed by atoms with Gasteiger partial charge in [-0.1, -0.05) is 30.3 Å². The van der Waals surface area contributed by atoms with Gasteiger partial charge in [-0.25, -0.2) is 22.9 Å². The molecular weight excluding hydrogens is 482 g/mol. The van der Waals surface area contributed by atoms with E-state index in [-0.39, 0.29) is 11.1 Å². The number of fused-ring (bicyclic) bond motifs is 3. The third-order valence-electron chi connectivity index (χ3n) is 5.41. The fourth-order valence-corrected chi connectivity index (χ4v) is 4.30. The van der Waals surface area contributed by atoms with E-state index in [0.717, 1.165) is 11.9 Å². The van der Waals surface area contributed by atoms with Crippen molar-refractivity contribution in [2.75, 3.05) is 13.4 Å². The van der Waals surface area contributed by atoms with Crippen molar-refractivity contribution >= 4 is 43.8 Å². The van der Waals surface area contributed by atoms with E-state index in [0.29, 0.717) is 33.2 Å². The molecule has 0 radical (unpaired) electrons.